The average Bonchev–Trinajstić information content (AvgIpc) is 2.73. The van der Waals surface area contributed by atoms with Gasteiger partial charge in [-0.15, -0.1) is 0 Å². The van der Waals surface area contributed by atoms with E-state index in [4.69, 9.17) is 0 Å². The maximum Gasteiger partial charge on any atom is 0.0112 e. The molecule has 1 saturated heterocycles. The van der Waals surface area contributed by atoms with E-state index in [9.17, 15) is 0 Å². The molecule has 1 nitrogen and oxygen atoms in total. The van der Waals surface area contributed by atoms with Crippen LogP contribution in [0.3, 0.4) is 0 Å². The first-order chi connectivity index (χ1) is 7.79. The van der Waals surface area contributed by atoms with E-state index in [-0.39, 0.29) is 0 Å². The van der Waals surface area contributed by atoms with Crippen LogP contribution in [0.4, 0.5) is 0 Å². The number of alkyl halides is 1. The summed E-state index contributed by atoms with van der Waals surface area (Å²) in [6.45, 7) is 6.10. The molecular weight excluding hydrogens is 262 g/mol. The fourth-order valence-corrected chi connectivity index (χ4v) is 3.05. The molecule has 2 heteroatoms. The van der Waals surface area contributed by atoms with Crippen molar-refractivity contribution in [1.29, 1.82) is 0 Å². The highest BCUT2D eigenvalue weighted by Gasteiger charge is 2.21. The third kappa shape index (κ3) is 3.08. The van der Waals surface area contributed by atoms with Gasteiger partial charge in [-0.25, -0.2) is 0 Å². The van der Waals surface area contributed by atoms with E-state index < -0.39 is 0 Å². The number of rotatable bonds is 4. The molecular formula is C14H20BrN. The van der Waals surface area contributed by atoms with E-state index in [1.54, 1.807) is 0 Å². The molecule has 16 heavy (non-hydrogen) atoms. The van der Waals surface area contributed by atoms with Gasteiger partial charge in [0.05, 0.1) is 0 Å². The van der Waals surface area contributed by atoms with Crippen molar-refractivity contribution in [2.24, 2.45) is 5.92 Å². The van der Waals surface area contributed by atoms with Gasteiger partial charge in [0.25, 0.3) is 0 Å². The number of benzene rings is 1. The molecule has 0 spiro atoms. The van der Waals surface area contributed by atoms with Gasteiger partial charge in [-0.3, -0.25) is 0 Å². The van der Waals surface area contributed by atoms with Crippen LogP contribution < -0.4 is 0 Å². The summed E-state index contributed by atoms with van der Waals surface area (Å²) in [5.41, 5.74) is 1.46. The summed E-state index contributed by atoms with van der Waals surface area (Å²) in [4.78, 5) is 2.60. The molecule has 1 heterocycles. The molecule has 0 bridgehead atoms. The Morgan fingerprint density at radius 3 is 2.69 bits per heavy atom. The minimum absolute atomic E-state index is 0.631. The molecule has 1 fully saturated rings. The predicted molar refractivity (Wildman–Crippen MR) is 73.2 cm³/mol. The van der Waals surface area contributed by atoms with Crippen molar-refractivity contribution < 1.29 is 0 Å². The summed E-state index contributed by atoms with van der Waals surface area (Å²) in [6, 6.07) is 10.8. The van der Waals surface area contributed by atoms with Crippen LogP contribution in [0.2, 0.25) is 0 Å². The van der Waals surface area contributed by atoms with E-state index in [0.29, 0.717) is 5.92 Å². The fourth-order valence-electron chi connectivity index (χ4n) is 2.47. The number of hydrogen-bond acceptors (Lipinski definition) is 1. The van der Waals surface area contributed by atoms with Gasteiger partial charge in [0.2, 0.25) is 0 Å². The van der Waals surface area contributed by atoms with Crippen LogP contribution in [0.1, 0.15) is 24.8 Å². The molecule has 0 aromatic heterocycles. The quantitative estimate of drug-likeness (QED) is 0.764. The van der Waals surface area contributed by atoms with Gasteiger partial charge in [0.1, 0.15) is 0 Å². The van der Waals surface area contributed by atoms with Crippen molar-refractivity contribution in [1.82, 2.24) is 4.90 Å². The van der Waals surface area contributed by atoms with Crippen molar-refractivity contribution >= 4 is 15.9 Å². The zero-order valence-electron chi connectivity index (χ0n) is 9.90. The van der Waals surface area contributed by atoms with Gasteiger partial charge in [0, 0.05) is 24.3 Å². The molecule has 0 radical (unpaired) electrons. The van der Waals surface area contributed by atoms with Crippen molar-refractivity contribution in [2.45, 2.75) is 19.3 Å². The second kappa shape index (κ2) is 5.83. The Morgan fingerprint density at radius 1 is 1.38 bits per heavy atom. The van der Waals surface area contributed by atoms with Gasteiger partial charge >= 0.3 is 0 Å². The van der Waals surface area contributed by atoms with Gasteiger partial charge in [0.15, 0.2) is 0 Å². The molecule has 0 saturated carbocycles. The van der Waals surface area contributed by atoms with Crippen LogP contribution in [0.25, 0.3) is 0 Å². The molecule has 1 aliphatic rings. The Bertz CT molecular complexity index is 312. The zero-order valence-corrected chi connectivity index (χ0v) is 11.5. The van der Waals surface area contributed by atoms with Crippen LogP contribution in [0, 0.1) is 5.92 Å². The Balaban J connectivity index is 1.96. The van der Waals surface area contributed by atoms with Crippen LogP contribution in [-0.4, -0.2) is 29.9 Å². The summed E-state index contributed by atoms with van der Waals surface area (Å²) in [5.74, 6) is 1.51. The van der Waals surface area contributed by atoms with Crippen LogP contribution >= 0.6 is 15.9 Å². The van der Waals surface area contributed by atoms with Crippen LogP contribution in [-0.2, 0) is 0 Å². The molecule has 0 N–H and O–H groups in total. The molecule has 0 amide bonds. The normalized spacial score (nSPS) is 23.5. The largest absolute Gasteiger partial charge is 0.302 e. The molecule has 1 aromatic carbocycles. The number of likely N-dealkylation sites (tertiary alicyclic amines) is 1. The SMILES string of the molecule is CC1CCN(CC(CBr)c2ccccc2)C1. The standard InChI is InChI=1S/C14H20BrN/c1-12-7-8-16(10-12)11-14(9-15)13-5-3-2-4-6-13/h2-6,12,14H,7-11H2,1H3. The Kier molecular flexibility index (Phi) is 4.42. The average molecular weight is 282 g/mol. The number of hydrogen-bond donors (Lipinski definition) is 0. The first kappa shape index (κ1) is 12.1. The second-order valence-corrected chi connectivity index (χ2v) is 5.56. The molecule has 2 unspecified atom stereocenters. The summed E-state index contributed by atoms with van der Waals surface area (Å²) in [5, 5.41) is 1.06. The lowest BCUT2D eigenvalue weighted by Crippen LogP contribution is -2.27. The van der Waals surface area contributed by atoms with E-state index in [1.807, 2.05) is 0 Å². The molecule has 1 aromatic rings. The summed E-state index contributed by atoms with van der Waals surface area (Å²) in [7, 11) is 0. The van der Waals surface area contributed by atoms with Gasteiger partial charge in [-0.1, -0.05) is 53.2 Å². The molecule has 88 valence electrons. The highest BCUT2D eigenvalue weighted by atomic mass is 79.9. The van der Waals surface area contributed by atoms with Crippen molar-refractivity contribution in [2.75, 3.05) is 25.0 Å². The highest BCUT2D eigenvalue weighted by Crippen LogP contribution is 2.23. The van der Waals surface area contributed by atoms with Crippen molar-refractivity contribution in [3.8, 4) is 0 Å². The summed E-state index contributed by atoms with van der Waals surface area (Å²) >= 11 is 3.65. The predicted octanol–water partition coefficient (Wildman–Crippen LogP) is 3.51. The molecule has 1 aliphatic heterocycles. The Morgan fingerprint density at radius 2 is 2.12 bits per heavy atom. The van der Waals surface area contributed by atoms with Crippen LogP contribution in [0.15, 0.2) is 30.3 Å². The third-order valence-electron chi connectivity index (χ3n) is 3.44. The first-order valence-corrected chi connectivity index (χ1v) is 7.25. The van der Waals surface area contributed by atoms with E-state index in [0.717, 1.165) is 11.2 Å². The minimum Gasteiger partial charge on any atom is -0.302 e. The number of halogens is 1. The fraction of sp³-hybridized carbons (Fsp3) is 0.571. The summed E-state index contributed by atoms with van der Waals surface area (Å²) in [6.07, 6.45) is 1.36. The third-order valence-corrected chi connectivity index (χ3v) is 4.23. The lowest BCUT2D eigenvalue weighted by atomic mass is 10.0. The maximum atomic E-state index is 3.65. The maximum absolute atomic E-state index is 3.65. The summed E-state index contributed by atoms with van der Waals surface area (Å²) < 4.78 is 0. The Hall–Kier alpha value is -0.340. The molecule has 2 atom stereocenters. The second-order valence-electron chi connectivity index (χ2n) is 4.92. The van der Waals surface area contributed by atoms with E-state index in [2.05, 4.69) is 58.1 Å². The molecule has 2 rings (SSSR count). The topological polar surface area (TPSA) is 3.24 Å². The number of nitrogens with zero attached hydrogens (tertiary/aromatic N) is 1. The molecule has 0 aliphatic carbocycles. The Labute approximate surface area is 107 Å². The van der Waals surface area contributed by atoms with E-state index >= 15 is 0 Å². The van der Waals surface area contributed by atoms with Crippen LogP contribution in [0.5, 0.6) is 0 Å². The van der Waals surface area contributed by atoms with Crippen molar-refractivity contribution in [3.63, 3.8) is 0 Å². The monoisotopic (exact) mass is 281 g/mol. The van der Waals surface area contributed by atoms with Gasteiger partial charge in [-0.2, -0.15) is 0 Å². The lowest BCUT2D eigenvalue weighted by molar-refractivity contribution is 0.313. The zero-order chi connectivity index (χ0) is 11.4. The van der Waals surface area contributed by atoms with E-state index in [1.165, 1.54) is 31.6 Å². The highest BCUT2D eigenvalue weighted by molar-refractivity contribution is 9.09. The first-order valence-electron chi connectivity index (χ1n) is 6.13. The lowest BCUT2D eigenvalue weighted by Gasteiger charge is -2.22. The van der Waals surface area contributed by atoms with Gasteiger partial charge < -0.3 is 4.90 Å². The van der Waals surface area contributed by atoms with Gasteiger partial charge in [-0.05, 0) is 24.4 Å². The van der Waals surface area contributed by atoms with Crippen molar-refractivity contribution in [3.05, 3.63) is 35.9 Å². The minimum atomic E-state index is 0.631. The smallest absolute Gasteiger partial charge is 0.0112 e.